The van der Waals surface area contributed by atoms with Gasteiger partial charge in [0.25, 0.3) is 0 Å². The van der Waals surface area contributed by atoms with Gasteiger partial charge in [0.05, 0.1) is 18.2 Å². The Morgan fingerprint density at radius 3 is 2.90 bits per heavy atom. The number of likely N-dealkylation sites (N-methyl/N-ethyl adjacent to an activating group) is 1. The first-order valence-electron chi connectivity index (χ1n) is 7.89. The van der Waals surface area contributed by atoms with Crippen LogP contribution in [0, 0.1) is 6.92 Å². The van der Waals surface area contributed by atoms with Gasteiger partial charge >= 0.3 is 0 Å². The number of anilines is 1. The molecule has 3 rings (SSSR count). The highest BCUT2D eigenvalue weighted by molar-refractivity contribution is 5.78. The zero-order valence-electron chi connectivity index (χ0n) is 12.9. The van der Waals surface area contributed by atoms with Crippen LogP contribution in [0.5, 0.6) is 5.75 Å². The number of carbonyl (C=O) groups excluding carboxylic acids is 1. The number of fused-ring (bicyclic) bond motifs is 1. The molecule has 1 fully saturated rings. The molecule has 1 aromatic carbocycles. The molecule has 0 bridgehead atoms. The Bertz CT molecular complexity index is 524. The van der Waals surface area contributed by atoms with Crippen LogP contribution >= 0.6 is 0 Å². The van der Waals surface area contributed by atoms with Gasteiger partial charge in [-0.25, -0.2) is 0 Å². The molecule has 21 heavy (non-hydrogen) atoms. The van der Waals surface area contributed by atoms with Crippen LogP contribution in [0.2, 0.25) is 0 Å². The van der Waals surface area contributed by atoms with Crippen molar-refractivity contribution in [2.24, 2.45) is 0 Å². The maximum Gasteiger partial charge on any atom is 0.222 e. The van der Waals surface area contributed by atoms with Crippen molar-refractivity contribution in [3.8, 4) is 5.75 Å². The molecule has 1 saturated carbocycles. The van der Waals surface area contributed by atoms with Crippen LogP contribution in [0.3, 0.4) is 0 Å². The fourth-order valence-electron chi connectivity index (χ4n) is 3.29. The highest BCUT2D eigenvalue weighted by atomic mass is 16.5. The zero-order chi connectivity index (χ0) is 14.8. The normalized spacial score (nSPS) is 21.8. The molecular weight excluding hydrogens is 264 g/mol. The molecule has 2 aliphatic rings. The van der Waals surface area contributed by atoms with E-state index in [0.717, 1.165) is 24.3 Å². The van der Waals surface area contributed by atoms with Crippen LogP contribution in [-0.4, -0.2) is 31.6 Å². The Morgan fingerprint density at radius 1 is 1.38 bits per heavy atom. The Balaban J connectivity index is 1.61. The molecule has 0 spiro atoms. The van der Waals surface area contributed by atoms with Crippen molar-refractivity contribution in [2.45, 2.75) is 51.1 Å². The summed E-state index contributed by atoms with van der Waals surface area (Å²) in [7, 11) is 2.05. The summed E-state index contributed by atoms with van der Waals surface area (Å²) in [6.07, 6.45) is 5.24. The summed E-state index contributed by atoms with van der Waals surface area (Å²) in [5.41, 5.74) is 2.27. The van der Waals surface area contributed by atoms with Crippen molar-refractivity contribution in [1.29, 1.82) is 0 Å². The molecule has 1 amide bonds. The standard InChI is InChI=1S/C17H24N2O2/c1-12-7-8-15-16(9-12)21-11-14(19(15)2)10-17(20)18-13-5-3-4-6-13/h7-9,13-14H,3-6,10-11H2,1-2H3,(H,18,20). The molecule has 1 N–H and O–H groups in total. The highest BCUT2D eigenvalue weighted by Crippen LogP contribution is 2.34. The summed E-state index contributed by atoms with van der Waals surface area (Å²) in [5.74, 6) is 1.07. The van der Waals surface area contributed by atoms with Gasteiger partial charge in [0.15, 0.2) is 0 Å². The molecule has 0 saturated heterocycles. The minimum atomic E-state index is 0.113. The number of hydrogen-bond acceptors (Lipinski definition) is 3. The number of nitrogens with zero attached hydrogens (tertiary/aromatic N) is 1. The SMILES string of the molecule is Cc1ccc2c(c1)OCC(CC(=O)NC1CCCC1)N2C. The first-order valence-corrected chi connectivity index (χ1v) is 7.89. The van der Waals surface area contributed by atoms with Gasteiger partial charge in [-0.15, -0.1) is 0 Å². The lowest BCUT2D eigenvalue weighted by Crippen LogP contribution is -2.45. The molecule has 1 heterocycles. The molecule has 0 aromatic heterocycles. The maximum atomic E-state index is 12.2. The van der Waals surface area contributed by atoms with Gasteiger partial charge in [0, 0.05) is 13.1 Å². The Labute approximate surface area is 126 Å². The Hall–Kier alpha value is -1.71. The van der Waals surface area contributed by atoms with Crippen molar-refractivity contribution in [3.63, 3.8) is 0 Å². The molecule has 1 aliphatic carbocycles. The number of benzene rings is 1. The smallest absolute Gasteiger partial charge is 0.222 e. The van der Waals surface area contributed by atoms with E-state index in [1.807, 2.05) is 7.05 Å². The van der Waals surface area contributed by atoms with E-state index in [1.54, 1.807) is 0 Å². The van der Waals surface area contributed by atoms with Crippen molar-refractivity contribution < 1.29 is 9.53 Å². The van der Waals surface area contributed by atoms with Gasteiger partial charge < -0.3 is 15.0 Å². The van der Waals surface area contributed by atoms with Gasteiger partial charge in [-0.2, -0.15) is 0 Å². The van der Waals surface area contributed by atoms with Crippen LogP contribution in [0.4, 0.5) is 5.69 Å². The van der Waals surface area contributed by atoms with E-state index in [4.69, 9.17) is 4.74 Å². The molecule has 114 valence electrons. The molecule has 0 radical (unpaired) electrons. The van der Waals surface area contributed by atoms with Crippen molar-refractivity contribution in [3.05, 3.63) is 23.8 Å². The number of carbonyl (C=O) groups is 1. The lowest BCUT2D eigenvalue weighted by Gasteiger charge is -2.35. The molecule has 1 atom stereocenters. The van der Waals surface area contributed by atoms with Gasteiger partial charge in [-0.3, -0.25) is 4.79 Å². The van der Waals surface area contributed by atoms with Gasteiger partial charge in [-0.05, 0) is 37.5 Å². The van der Waals surface area contributed by atoms with E-state index < -0.39 is 0 Å². The van der Waals surface area contributed by atoms with E-state index in [2.05, 4.69) is 35.3 Å². The summed E-state index contributed by atoms with van der Waals surface area (Å²) in [5, 5.41) is 3.16. The average molecular weight is 288 g/mol. The number of ether oxygens (including phenoxy) is 1. The van der Waals surface area contributed by atoms with Crippen LogP contribution in [0.1, 0.15) is 37.7 Å². The van der Waals surface area contributed by atoms with Gasteiger partial charge in [-0.1, -0.05) is 18.9 Å². The van der Waals surface area contributed by atoms with E-state index in [1.165, 1.54) is 18.4 Å². The summed E-state index contributed by atoms with van der Waals surface area (Å²) in [6, 6.07) is 6.72. The second-order valence-corrected chi connectivity index (χ2v) is 6.30. The van der Waals surface area contributed by atoms with Crippen LogP contribution in [-0.2, 0) is 4.79 Å². The third-order valence-electron chi connectivity index (χ3n) is 4.62. The summed E-state index contributed by atoms with van der Waals surface area (Å²) in [4.78, 5) is 14.4. The van der Waals surface area contributed by atoms with Crippen molar-refractivity contribution in [2.75, 3.05) is 18.6 Å². The van der Waals surface area contributed by atoms with E-state index in [9.17, 15) is 4.79 Å². The number of amides is 1. The van der Waals surface area contributed by atoms with Gasteiger partial charge in [0.2, 0.25) is 5.91 Å². The fraction of sp³-hybridized carbons (Fsp3) is 0.588. The quantitative estimate of drug-likeness (QED) is 0.929. The van der Waals surface area contributed by atoms with E-state index in [0.29, 0.717) is 19.1 Å². The molecule has 1 aliphatic heterocycles. The van der Waals surface area contributed by atoms with Crippen LogP contribution < -0.4 is 15.0 Å². The molecule has 1 aromatic rings. The molecule has 4 heteroatoms. The Kier molecular flexibility index (Phi) is 4.04. The second-order valence-electron chi connectivity index (χ2n) is 6.30. The lowest BCUT2D eigenvalue weighted by molar-refractivity contribution is -0.122. The monoisotopic (exact) mass is 288 g/mol. The number of rotatable bonds is 3. The van der Waals surface area contributed by atoms with E-state index >= 15 is 0 Å². The summed E-state index contributed by atoms with van der Waals surface area (Å²) in [6.45, 7) is 2.63. The second kappa shape index (κ2) is 5.96. The van der Waals surface area contributed by atoms with Crippen molar-refractivity contribution >= 4 is 11.6 Å². The number of hydrogen-bond donors (Lipinski definition) is 1. The zero-order valence-corrected chi connectivity index (χ0v) is 12.9. The summed E-state index contributed by atoms with van der Waals surface area (Å²) >= 11 is 0. The first kappa shape index (κ1) is 14.2. The predicted molar refractivity (Wildman–Crippen MR) is 83.9 cm³/mol. The maximum absolute atomic E-state index is 12.2. The molecule has 4 nitrogen and oxygen atoms in total. The number of aryl methyl sites for hydroxylation is 1. The van der Waals surface area contributed by atoms with Gasteiger partial charge in [0.1, 0.15) is 12.4 Å². The van der Waals surface area contributed by atoms with Crippen molar-refractivity contribution in [1.82, 2.24) is 5.32 Å². The third kappa shape index (κ3) is 3.14. The Morgan fingerprint density at radius 2 is 2.14 bits per heavy atom. The molecule has 1 unspecified atom stereocenters. The topological polar surface area (TPSA) is 41.6 Å². The molecular formula is C17H24N2O2. The fourth-order valence-corrected chi connectivity index (χ4v) is 3.29. The van der Waals surface area contributed by atoms with Crippen LogP contribution in [0.25, 0.3) is 0 Å². The average Bonchev–Trinajstić information content (AvgIpc) is 2.94. The lowest BCUT2D eigenvalue weighted by atomic mass is 10.1. The largest absolute Gasteiger partial charge is 0.489 e. The van der Waals surface area contributed by atoms with E-state index in [-0.39, 0.29) is 11.9 Å². The highest BCUT2D eigenvalue weighted by Gasteiger charge is 2.27. The van der Waals surface area contributed by atoms with Crippen LogP contribution in [0.15, 0.2) is 18.2 Å². The minimum absolute atomic E-state index is 0.113. The predicted octanol–water partition coefficient (Wildman–Crippen LogP) is 2.64. The minimum Gasteiger partial charge on any atom is -0.489 e. The number of nitrogens with one attached hydrogen (secondary N) is 1. The summed E-state index contributed by atoms with van der Waals surface area (Å²) < 4.78 is 5.84. The first-order chi connectivity index (χ1) is 10.1. The third-order valence-corrected chi connectivity index (χ3v) is 4.62.